The number of rotatable bonds is 6. The van der Waals surface area contributed by atoms with Crippen molar-refractivity contribution in [1.29, 1.82) is 0 Å². The minimum absolute atomic E-state index is 0.0620. The molecular weight excluding hydrogens is 442 g/mol. The van der Waals surface area contributed by atoms with Crippen molar-refractivity contribution in [1.82, 2.24) is 20.1 Å². The van der Waals surface area contributed by atoms with Crippen LogP contribution in [0.5, 0.6) is 5.75 Å². The fourth-order valence-corrected chi connectivity index (χ4v) is 4.74. The molecule has 1 aliphatic heterocycles. The number of methoxy groups -OCH3 is 1. The van der Waals surface area contributed by atoms with Crippen LogP contribution in [0.1, 0.15) is 30.9 Å². The summed E-state index contributed by atoms with van der Waals surface area (Å²) in [4.78, 5) is 34.2. The molecule has 1 aromatic heterocycles. The van der Waals surface area contributed by atoms with Gasteiger partial charge in [-0.25, -0.2) is 4.79 Å². The third kappa shape index (κ3) is 5.07. The Hall–Kier alpha value is -2.84. The molecule has 1 saturated heterocycles. The third-order valence-corrected chi connectivity index (χ3v) is 6.79. The number of amides is 3. The van der Waals surface area contributed by atoms with Crippen LogP contribution in [0.25, 0.3) is 0 Å². The van der Waals surface area contributed by atoms with Crippen LogP contribution in [0.15, 0.2) is 42.6 Å². The molecule has 1 aromatic carbocycles. The summed E-state index contributed by atoms with van der Waals surface area (Å²) in [6, 6.07) is 10.4. The van der Waals surface area contributed by atoms with E-state index in [2.05, 4.69) is 20.5 Å². The van der Waals surface area contributed by atoms with Gasteiger partial charge in [0.05, 0.1) is 13.3 Å². The molecule has 8 nitrogen and oxygen atoms in total. The number of ether oxygens (including phenoxy) is 1. The first-order chi connectivity index (χ1) is 15.8. The highest BCUT2D eigenvalue weighted by molar-refractivity contribution is 6.30. The second kappa shape index (κ2) is 9.57. The van der Waals surface area contributed by atoms with E-state index >= 15 is 0 Å². The van der Waals surface area contributed by atoms with Crippen LogP contribution < -0.4 is 15.4 Å². The molecular formula is C24H30ClN5O3. The second-order valence-corrected chi connectivity index (χ2v) is 9.34. The Kier molecular flexibility index (Phi) is 6.76. The van der Waals surface area contributed by atoms with Gasteiger partial charge in [-0.05, 0) is 55.7 Å². The topological polar surface area (TPSA) is 86.8 Å². The van der Waals surface area contributed by atoms with E-state index in [1.165, 1.54) is 0 Å². The number of likely N-dealkylation sites (N-methyl/N-ethyl adjacent to an activating group) is 1. The zero-order valence-electron chi connectivity index (χ0n) is 19.2. The largest absolute Gasteiger partial charge is 0.495 e. The van der Waals surface area contributed by atoms with E-state index in [0.29, 0.717) is 23.0 Å². The molecule has 0 bridgehead atoms. The van der Waals surface area contributed by atoms with Crippen molar-refractivity contribution >= 4 is 29.2 Å². The van der Waals surface area contributed by atoms with Crippen LogP contribution in [0.2, 0.25) is 5.02 Å². The van der Waals surface area contributed by atoms with Gasteiger partial charge in [-0.2, -0.15) is 0 Å². The number of carbonyl (C=O) groups is 2. The van der Waals surface area contributed by atoms with Crippen LogP contribution >= 0.6 is 11.6 Å². The van der Waals surface area contributed by atoms with Gasteiger partial charge in [-0.3, -0.25) is 14.7 Å². The minimum atomic E-state index is -0.426. The molecule has 0 spiro atoms. The summed E-state index contributed by atoms with van der Waals surface area (Å²) < 4.78 is 5.25. The number of aromatic nitrogens is 1. The van der Waals surface area contributed by atoms with Crippen LogP contribution in [0.4, 0.5) is 10.5 Å². The highest BCUT2D eigenvalue weighted by atomic mass is 35.5. The smallest absolute Gasteiger partial charge is 0.319 e. The number of urea groups is 1. The molecule has 0 unspecified atom stereocenters. The van der Waals surface area contributed by atoms with Gasteiger partial charge in [0.1, 0.15) is 11.3 Å². The zero-order valence-corrected chi connectivity index (χ0v) is 19.9. The lowest BCUT2D eigenvalue weighted by Crippen LogP contribution is -2.57. The summed E-state index contributed by atoms with van der Waals surface area (Å²) in [6.07, 6.45) is 4.13. The standard InChI is InChI=1S/C24H30ClN5O3/c1-29(2)22(31)24(11-12-24)30-13-10-21(19(15-30)20-9-8-18(33-3)14-26-20)28-23(32)27-17-6-4-16(25)5-7-17/h4-9,14,19,21H,10-13,15H2,1-3H3,(H2,27,28,32)/t19-,21+/m0/s1. The van der Waals surface area contributed by atoms with Crippen molar-refractivity contribution in [3.8, 4) is 5.75 Å². The molecule has 2 atom stereocenters. The second-order valence-electron chi connectivity index (χ2n) is 8.91. The van der Waals surface area contributed by atoms with Crippen LogP contribution in [0.3, 0.4) is 0 Å². The van der Waals surface area contributed by atoms with Gasteiger partial charge >= 0.3 is 6.03 Å². The molecule has 2 aliphatic rings. The number of hydrogen-bond acceptors (Lipinski definition) is 5. The molecule has 176 valence electrons. The number of anilines is 1. The summed E-state index contributed by atoms with van der Waals surface area (Å²) in [5, 5.41) is 6.61. The van der Waals surface area contributed by atoms with Crippen molar-refractivity contribution in [3.05, 3.63) is 53.3 Å². The molecule has 9 heteroatoms. The number of nitrogens with zero attached hydrogens (tertiary/aromatic N) is 3. The molecule has 4 rings (SSSR count). The fraction of sp³-hybridized carbons (Fsp3) is 0.458. The lowest BCUT2D eigenvalue weighted by molar-refractivity contribution is -0.137. The monoisotopic (exact) mass is 471 g/mol. The van der Waals surface area contributed by atoms with Crippen molar-refractivity contribution in [2.24, 2.45) is 0 Å². The van der Waals surface area contributed by atoms with Gasteiger partial charge in [0.15, 0.2) is 0 Å². The van der Waals surface area contributed by atoms with Gasteiger partial charge in [0.25, 0.3) is 0 Å². The summed E-state index contributed by atoms with van der Waals surface area (Å²) in [6.45, 7) is 1.38. The third-order valence-electron chi connectivity index (χ3n) is 6.54. The molecule has 1 aliphatic carbocycles. The van der Waals surface area contributed by atoms with E-state index in [1.807, 2.05) is 12.1 Å². The summed E-state index contributed by atoms with van der Waals surface area (Å²) in [5.41, 5.74) is 1.11. The summed E-state index contributed by atoms with van der Waals surface area (Å²) in [5.74, 6) is 0.766. The van der Waals surface area contributed by atoms with Crippen LogP contribution in [0, 0.1) is 0 Å². The molecule has 2 N–H and O–H groups in total. The molecule has 2 aromatic rings. The van der Waals surface area contributed by atoms with E-state index in [4.69, 9.17) is 16.3 Å². The predicted octanol–water partition coefficient (Wildman–Crippen LogP) is 3.34. The number of hydrogen-bond donors (Lipinski definition) is 2. The number of benzene rings is 1. The van der Waals surface area contributed by atoms with Crippen molar-refractivity contribution in [3.63, 3.8) is 0 Å². The zero-order chi connectivity index (χ0) is 23.6. The van der Waals surface area contributed by atoms with Crippen LogP contribution in [-0.2, 0) is 4.79 Å². The predicted molar refractivity (Wildman–Crippen MR) is 128 cm³/mol. The Bertz CT molecular complexity index is 992. The maximum atomic E-state index is 12.9. The number of pyridine rings is 1. The highest BCUT2D eigenvalue weighted by Crippen LogP contribution is 2.46. The number of nitrogens with one attached hydrogen (secondary N) is 2. The van der Waals surface area contributed by atoms with Gasteiger partial charge in [0, 0.05) is 55.5 Å². The first-order valence-corrected chi connectivity index (χ1v) is 11.5. The van der Waals surface area contributed by atoms with Gasteiger partial charge in [-0.1, -0.05) is 11.6 Å². The molecule has 1 saturated carbocycles. The fourth-order valence-electron chi connectivity index (χ4n) is 4.61. The Morgan fingerprint density at radius 2 is 1.91 bits per heavy atom. The van der Waals surface area contributed by atoms with Crippen molar-refractivity contribution in [2.45, 2.75) is 36.8 Å². The molecule has 2 fully saturated rings. The van der Waals surface area contributed by atoms with Crippen LogP contribution in [-0.4, -0.2) is 72.6 Å². The van der Waals surface area contributed by atoms with E-state index in [9.17, 15) is 9.59 Å². The minimum Gasteiger partial charge on any atom is -0.495 e. The van der Waals surface area contributed by atoms with E-state index in [0.717, 1.165) is 31.5 Å². The Labute approximate surface area is 199 Å². The van der Waals surface area contributed by atoms with E-state index < -0.39 is 5.54 Å². The Morgan fingerprint density at radius 1 is 1.18 bits per heavy atom. The van der Waals surface area contributed by atoms with E-state index in [-0.39, 0.29) is 23.9 Å². The first-order valence-electron chi connectivity index (χ1n) is 11.1. The van der Waals surface area contributed by atoms with E-state index in [1.54, 1.807) is 56.6 Å². The maximum Gasteiger partial charge on any atom is 0.319 e. The lowest BCUT2D eigenvalue weighted by atomic mass is 9.87. The van der Waals surface area contributed by atoms with Crippen molar-refractivity contribution < 1.29 is 14.3 Å². The SMILES string of the molecule is COc1ccc([C@@H]2CN(C3(C(=O)N(C)C)CC3)CC[C@H]2NC(=O)Nc2ccc(Cl)cc2)nc1. The Balaban J connectivity index is 1.52. The van der Waals surface area contributed by atoms with Crippen molar-refractivity contribution in [2.75, 3.05) is 39.6 Å². The Morgan fingerprint density at radius 3 is 2.48 bits per heavy atom. The number of halogens is 1. The normalized spacial score (nSPS) is 21.7. The molecule has 0 radical (unpaired) electrons. The van der Waals surface area contributed by atoms with Gasteiger partial charge in [0.2, 0.25) is 5.91 Å². The summed E-state index contributed by atoms with van der Waals surface area (Å²) in [7, 11) is 5.22. The number of likely N-dealkylation sites (tertiary alicyclic amines) is 1. The van der Waals surface area contributed by atoms with Gasteiger partial charge < -0.3 is 20.3 Å². The number of piperidine rings is 1. The maximum absolute atomic E-state index is 12.9. The average molecular weight is 472 g/mol. The highest BCUT2D eigenvalue weighted by Gasteiger charge is 2.56. The lowest BCUT2D eigenvalue weighted by Gasteiger charge is -2.42. The quantitative estimate of drug-likeness (QED) is 0.674. The average Bonchev–Trinajstić information content (AvgIpc) is 3.62. The summed E-state index contributed by atoms with van der Waals surface area (Å²) >= 11 is 5.93. The first kappa shape index (κ1) is 23.3. The molecule has 2 heterocycles. The molecule has 33 heavy (non-hydrogen) atoms. The number of carbonyl (C=O) groups excluding carboxylic acids is 2. The molecule has 3 amide bonds. The van der Waals surface area contributed by atoms with Gasteiger partial charge in [-0.15, -0.1) is 0 Å².